The number of likely N-dealkylation sites (tertiary alicyclic amines) is 2. The van der Waals surface area contributed by atoms with Crippen LogP contribution in [0, 0.1) is 5.92 Å². The summed E-state index contributed by atoms with van der Waals surface area (Å²) < 4.78 is 0. The van der Waals surface area contributed by atoms with E-state index in [4.69, 9.17) is 0 Å². The molecule has 30 heavy (non-hydrogen) atoms. The lowest BCUT2D eigenvalue weighted by Crippen LogP contribution is -2.52. The van der Waals surface area contributed by atoms with Crippen LogP contribution < -0.4 is 4.90 Å². The summed E-state index contributed by atoms with van der Waals surface area (Å²) in [6, 6.07) is 7.87. The Morgan fingerprint density at radius 1 is 0.733 bits per heavy atom. The minimum absolute atomic E-state index is 0.0361. The predicted molar refractivity (Wildman–Crippen MR) is 116 cm³/mol. The highest BCUT2D eigenvalue weighted by Crippen LogP contribution is 2.24. The third kappa shape index (κ3) is 4.45. The van der Waals surface area contributed by atoms with Crippen LogP contribution in [0.25, 0.3) is 0 Å². The molecule has 3 aliphatic rings. The van der Waals surface area contributed by atoms with Crippen molar-refractivity contribution in [1.82, 2.24) is 14.7 Å². The number of urea groups is 1. The van der Waals surface area contributed by atoms with Gasteiger partial charge in [0.1, 0.15) is 0 Å². The summed E-state index contributed by atoms with van der Waals surface area (Å²) in [6.45, 7) is 7.75. The standard InChI is InChI=1S/C23H32N4O3/c1-18(28)19-4-6-21(7-5-19)24-14-16-25(17-15-24)22(29)20-8-12-27(13-9-20)23(30)26-10-2-3-11-26/h4-7,20H,2-3,8-17H2,1H3. The van der Waals surface area contributed by atoms with Crippen LogP contribution in [0.4, 0.5) is 10.5 Å². The first-order valence-electron chi connectivity index (χ1n) is 11.2. The van der Waals surface area contributed by atoms with Gasteiger partial charge in [-0.1, -0.05) is 0 Å². The molecule has 3 amide bonds. The quantitative estimate of drug-likeness (QED) is 0.716. The maximum atomic E-state index is 13.0. The maximum absolute atomic E-state index is 13.0. The van der Waals surface area contributed by atoms with Crippen molar-refractivity contribution in [3.05, 3.63) is 29.8 Å². The molecular weight excluding hydrogens is 380 g/mol. The van der Waals surface area contributed by atoms with Gasteiger partial charge in [-0.15, -0.1) is 0 Å². The van der Waals surface area contributed by atoms with Crippen LogP contribution in [0.1, 0.15) is 43.0 Å². The van der Waals surface area contributed by atoms with E-state index in [2.05, 4.69) is 4.90 Å². The molecule has 0 spiro atoms. The summed E-state index contributed by atoms with van der Waals surface area (Å²) in [4.78, 5) is 45.1. The normalized spacial score (nSPS) is 20.6. The second-order valence-electron chi connectivity index (χ2n) is 8.65. The highest BCUT2D eigenvalue weighted by molar-refractivity contribution is 5.94. The summed E-state index contributed by atoms with van der Waals surface area (Å²) >= 11 is 0. The molecule has 0 bridgehead atoms. The molecule has 3 fully saturated rings. The molecule has 0 radical (unpaired) electrons. The van der Waals surface area contributed by atoms with Gasteiger partial charge >= 0.3 is 6.03 Å². The zero-order valence-electron chi connectivity index (χ0n) is 17.9. The summed E-state index contributed by atoms with van der Waals surface area (Å²) in [5.41, 5.74) is 1.82. The summed E-state index contributed by atoms with van der Waals surface area (Å²) in [7, 11) is 0. The number of piperidine rings is 1. The molecule has 0 saturated carbocycles. The van der Waals surface area contributed by atoms with Crippen LogP contribution in [-0.4, -0.2) is 84.8 Å². The lowest BCUT2D eigenvalue weighted by Gasteiger charge is -2.39. The van der Waals surface area contributed by atoms with Crippen molar-refractivity contribution >= 4 is 23.4 Å². The van der Waals surface area contributed by atoms with Crippen LogP contribution >= 0.6 is 0 Å². The Morgan fingerprint density at radius 2 is 1.30 bits per heavy atom. The molecule has 0 unspecified atom stereocenters. The van der Waals surface area contributed by atoms with Gasteiger partial charge in [0, 0.05) is 69.5 Å². The highest BCUT2D eigenvalue weighted by Gasteiger charge is 2.33. The number of ketones is 1. The Hall–Kier alpha value is -2.57. The average Bonchev–Trinajstić information content (AvgIpc) is 3.33. The van der Waals surface area contributed by atoms with Gasteiger partial charge in [0.2, 0.25) is 5.91 Å². The number of amides is 3. The van der Waals surface area contributed by atoms with Crippen molar-refractivity contribution in [2.24, 2.45) is 5.92 Å². The molecule has 0 atom stereocenters. The molecule has 7 nitrogen and oxygen atoms in total. The molecule has 0 aromatic heterocycles. The van der Waals surface area contributed by atoms with Crippen molar-refractivity contribution < 1.29 is 14.4 Å². The van der Waals surface area contributed by atoms with Crippen LogP contribution in [-0.2, 0) is 4.79 Å². The van der Waals surface area contributed by atoms with Crippen molar-refractivity contribution in [1.29, 1.82) is 0 Å². The SMILES string of the molecule is CC(=O)c1ccc(N2CCN(C(=O)C3CCN(C(=O)N4CCCC4)CC3)CC2)cc1. The van der Waals surface area contributed by atoms with Gasteiger partial charge in [0.05, 0.1) is 0 Å². The number of anilines is 1. The van der Waals surface area contributed by atoms with E-state index >= 15 is 0 Å². The van der Waals surface area contributed by atoms with Crippen molar-refractivity contribution in [2.45, 2.75) is 32.6 Å². The fraction of sp³-hybridized carbons (Fsp3) is 0.609. The number of rotatable bonds is 3. The molecule has 0 aliphatic carbocycles. The van der Waals surface area contributed by atoms with Gasteiger partial charge in [0.15, 0.2) is 5.78 Å². The van der Waals surface area contributed by atoms with Crippen LogP contribution in [0.2, 0.25) is 0 Å². The largest absolute Gasteiger partial charge is 0.368 e. The Bertz CT molecular complexity index is 772. The minimum atomic E-state index is 0.0361. The molecule has 0 N–H and O–H groups in total. The van der Waals surface area contributed by atoms with E-state index in [-0.39, 0.29) is 23.6 Å². The summed E-state index contributed by atoms with van der Waals surface area (Å²) in [5, 5.41) is 0. The van der Waals surface area contributed by atoms with E-state index in [9.17, 15) is 14.4 Å². The van der Waals surface area contributed by atoms with Crippen LogP contribution in [0.3, 0.4) is 0 Å². The maximum Gasteiger partial charge on any atom is 0.319 e. The number of piperazine rings is 1. The zero-order valence-corrected chi connectivity index (χ0v) is 17.9. The van der Waals surface area contributed by atoms with E-state index < -0.39 is 0 Å². The van der Waals surface area contributed by atoms with Gasteiger partial charge in [-0.2, -0.15) is 0 Å². The first kappa shape index (κ1) is 20.7. The number of hydrogen-bond acceptors (Lipinski definition) is 4. The monoisotopic (exact) mass is 412 g/mol. The first-order chi connectivity index (χ1) is 14.5. The fourth-order valence-electron chi connectivity index (χ4n) is 4.78. The number of carbonyl (C=O) groups excluding carboxylic acids is 3. The van der Waals surface area contributed by atoms with E-state index in [0.717, 1.165) is 76.2 Å². The zero-order chi connectivity index (χ0) is 21.1. The minimum Gasteiger partial charge on any atom is -0.368 e. The van der Waals surface area contributed by atoms with Gasteiger partial charge in [-0.3, -0.25) is 9.59 Å². The number of benzene rings is 1. The first-order valence-corrected chi connectivity index (χ1v) is 11.2. The van der Waals surface area contributed by atoms with Gasteiger partial charge in [-0.25, -0.2) is 4.79 Å². The lowest BCUT2D eigenvalue weighted by molar-refractivity contribution is -0.137. The van der Waals surface area contributed by atoms with E-state index in [1.54, 1.807) is 6.92 Å². The second kappa shape index (κ2) is 9.06. The van der Waals surface area contributed by atoms with Crippen LogP contribution in [0.15, 0.2) is 24.3 Å². The third-order valence-electron chi connectivity index (χ3n) is 6.72. The Morgan fingerprint density at radius 3 is 1.87 bits per heavy atom. The van der Waals surface area contributed by atoms with E-state index in [0.29, 0.717) is 13.1 Å². The van der Waals surface area contributed by atoms with E-state index in [1.807, 2.05) is 39.0 Å². The number of nitrogens with zero attached hydrogens (tertiary/aromatic N) is 4. The third-order valence-corrected chi connectivity index (χ3v) is 6.72. The highest BCUT2D eigenvalue weighted by atomic mass is 16.2. The summed E-state index contributed by atoms with van der Waals surface area (Å²) in [5.74, 6) is 0.356. The van der Waals surface area contributed by atoms with E-state index in [1.165, 1.54) is 0 Å². The average molecular weight is 413 g/mol. The second-order valence-corrected chi connectivity index (χ2v) is 8.65. The topological polar surface area (TPSA) is 64.2 Å². The number of Topliss-reactive ketones (excluding diaryl/α,β-unsaturated/α-hetero) is 1. The Balaban J connectivity index is 1.24. The Kier molecular flexibility index (Phi) is 6.25. The van der Waals surface area contributed by atoms with Gasteiger partial charge in [-0.05, 0) is 56.9 Å². The van der Waals surface area contributed by atoms with Crippen LogP contribution in [0.5, 0.6) is 0 Å². The molecule has 3 aliphatic heterocycles. The predicted octanol–water partition coefficient (Wildman–Crippen LogP) is 2.47. The molecule has 1 aromatic rings. The smallest absolute Gasteiger partial charge is 0.319 e. The van der Waals surface area contributed by atoms with Gasteiger partial charge in [0.25, 0.3) is 0 Å². The fourth-order valence-corrected chi connectivity index (χ4v) is 4.78. The summed E-state index contributed by atoms with van der Waals surface area (Å²) in [6.07, 6.45) is 3.75. The molecule has 7 heteroatoms. The van der Waals surface area contributed by atoms with Gasteiger partial charge < -0.3 is 19.6 Å². The number of hydrogen-bond donors (Lipinski definition) is 0. The van der Waals surface area contributed by atoms with Crippen molar-refractivity contribution in [3.63, 3.8) is 0 Å². The molecule has 3 saturated heterocycles. The number of carbonyl (C=O) groups is 3. The molecular formula is C23H32N4O3. The molecule has 162 valence electrons. The van der Waals surface area contributed by atoms with Crippen molar-refractivity contribution in [3.8, 4) is 0 Å². The Labute approximate surface area is 178 Å². The van der Waals surface area contributed by atoms with Crippen molar-refractivity contribution in [2.75, 3.05) is 57.3 Å². The lowest BCUT2D eigenvalue weighted by atomic mass is 9.95. The molecule has 1 aromatic carbocycles. The molecule has 3 heterocycles. The molecule has 4 rings (SSSR count).